The smallest absolute Gasteiger partial charge is 0.346 e. The maximum atomic E-state index is 12.2. The fourth-order valence-corrected chi connectivity index (χ4v) is 3.45. The fraction of sp³-hybridized carbons (Fsp3) is 0.364. The molecule has 0 saturated heterocycles. The summed E-state index contributed by atoms with van der Waals surface area (Å²) in [4.78, 5) is 11.3. The zero-order valence-electron chi connectivity index (χ0n) is 10.8. The molecule has 0 radical (unpaired) electrons. The van der Waals surface area contributed by atoms with Crippen LogP contribution >= 0.6 is 15.9 Å². The van der Waals surface area contributed by atoms with Gasteiger partial charge in [-0.25, -0.2) is 8.42 Å². The first-order chi connectivity index (χ1) is 9.54. The zero-order valence-corrected chi connectivity index (χ0v) is 13.2. The first kappa shape index (κ1) is 17.9. The van der Waals surface area contributed by atoms with Crippen LogP contribution in [-0.4, -0.2) is 44.9 Å². The van der Waals surface area contributed by atoms with Crippen LogP contribution < -0.4 is 5.32 Å². The van der Waals surface area contributed by atoms with E-state index >= 15 is 0 Å². The molecular formula is C11H12BrF3N2O3S. The lowest BCUT2D eigenvalue weighted by atomic mass is 10.4. The largest absolute Gasteiger partial charge is 0.405 e. The molecule has 5 nitrogen and oxygen atoms in total. The highest BCUT2D eigenvalue weighted by Gasteiger charge is 2.29. The predicted molar refractivity (Wildman–Crippen MR) is 73.0 cm³/mol. The number of halogens is 4. The average Bonchev–Trinajstić information content (AvgIpc) is 2.35. The van der Waals surface area contributed by atoms with Gasteiger partial charge in [0.15, 0.2) is 0 Å². The molecule has 0 aliphatic heterocycles. The van der Waals surface area contributed by atoms with Gasteiger partial charge in [0.25, 0.3) is 0 Å². The van der Waals surface area contributed by atoms with Crippen molar-refractivity contribution in [2.75, 3.05) is 20.1 Å². The highest BCUT2D eigenvalue weighted by atomic mass is 79.9. The minimum Gasteiger partial charge on any atom is -0.346 e. The monoisotopic (exact) mass is 388 g/mol. The molecule has 118 valence electrons. The Hall–Kier alpha value is -1.13. The van der Waals surface area contributed by atoms with E-state index in [4.69, 9.17) is 0 Å². The van der Waals surface area contributed by atoms with Gasteiger partial charge in [-0.05, 0) is 28.1 Å². The fourth-order valence-electron chi connectivity index (χ4n) is 1.36. The third kappa shape index (κ3) is 5.29. The van der Waals surface area contributed by atoms with Crippen LogP contribution in [0.25, 0.3) is 0 Å². The molecule has 0 aliphatic rings. The van der Waals surface area contributed by atoms with E-state index in [9.17, 15) is 26.4 Å². The molecule has 1 N–H and O–H groups in total. The third-order valence-corrected chi connectivity index (χ3v) is 5.19. The highest BCUT2D eigenvalue weighted by molar-refractivity contribution is 9.10. The molecule has 0 unspecified atom stereocenters. The molecule has 21 heavy (non-hydrogen) atoms. The molecular weight excluding hydrogens is 377 g/mol. The maximum absolute atomic E-state index is 12.2. The molecule has 1 aromatic carbocycles. The van der Waals surface area contributed by atoms with E-state index in [-0.39, 0.29) is 4.90 Å². The predicted octanol–water partition coefficient (Wildman–Crippen LogP) is 1.75. The number of rotatable bonds is 5. The zero-order chi connectivity index (χ0) is 16.3. The first-order valence-electron chi connectivity index (χ1n) is 5.58. The van der Waals surface area contributed by atoms with Crippen molar-refractivity contribution in [3.63, 3.8) is 0 Å². The summed E-state index contributed by atoms with van der Waals surface area (Å²) in [5, 5.41) is 1.61. The van der Waals surface area contributed by atoms with Gasteiger partial charge in [-0.3, -0.25) is 4.79 Å². The van der Waals surface area contributed by atoms with Crippen molar-refractivity contribution < 1.29 is 26.4 Å². The van der Waals surface area contributed by atoms with E-state index < -0.39 is 35.2 Å². The molecule has 1 amide bonds. The van der Waals surface area contributed by atoms with Gasteiger partial charge >= 0.3 is 6.18 Å². The van der Waals surface area contributed by atoms with Crippen LogP contribution in [0.4, 0.5) is 13.2 Å². The van der Waals surface area contributed by atoms with E-state index in [0.29, 0.717) is 8.78 Å². The molecule has 0 spiro atoms. The Bertz CT molecular complexity index is 619. The second kappa shape index (κ2) is 6.75. The molecule has 0 fully saturated rings. The van der Waals surface area contributed by atoms with Crippen molar-refractivity contribution in [2.45, 2.75) is 11.1 Å². The first-order valence-corrected chi connectivity index (χ1v) is 7.81. The van der Waals surface area contributed by atoms with Gasteiger partial charge in [0.05, 0.1) is 11.4 Å². The Balaban J connectivity index is 2.77. The van der Waals surface area contributed by atoms with Gasteiger partial charge in [-0.2, -0.15) is 17.5 Å². The SMILES string of the molecule is CN(CC(=O)NCC(F)(F)F)S(=O)(=O)c1ccccc1Br. The number of benzene rings is 1. The van der Waals surface area contributed by atoms with Crippen molar-refractivity contribution >= 4 is 31.9 Å². The van der Waals surface area contributed by atoms with Crippen molar-refractivity contribution in [2.24, 2.45) is 0 Å². The molecule has 1 rings (SSSR count). The summed E-state index contributed by atoms with van der Waals surface area (Å²) in [5.74, 6) is -1.04. The number of nitrogens with one attached hydrogen (secondary N) is 1. The maximum Gasteiger partial charge on any atom is 0.405 e. The summed E-state index contributed by atoms with van der Waals surface area (Å²) in [5.41, 5.74) is 0. The second-order valence-electron chi connectivity index (χ2n) is 4.08. The summed E-state index contributed by atoms with van der Waals surface area (Å²) in [7, 11) is -2.86. The minimum atomic E-state index is -4.55. The number of alkyl halides is 3. The van der Waals surface area contributed by atoms with Gasteiger partial charge in [0.2, 0.25) is 15.9 Å². The molecule has 0 saturated carbocycles. The van der Waals surface area contributed by atoms with E-state index in [0.717, 1.165) is 7.05 Å². The van der Waals surface area contributed by atoms with Gasteiger partial charge in [0, 0.05) is 11.5 Å². The minimum absolute atomic E-state index is 0.0730. The molecule has 0 atom stereocenters. The Morgan fingerprint density at radius 2 is 1.90 bits per heavy atom. The number of carbonyl (C=O) groups is 1. The Kier molecular flexibility index (Phi) is 5.76. The van der Waals surface area contributed by atoms with Crippen LogP contribution in [0.5, 0.6) is 0 Å². The van der Waals surface area contributed by atoms with Crippen LogP contribution in [-0.2, 0) is 14.8 Å². The molecule has 0 aliphatic carbocycles. The lowest BCUT2D eigenvalue weighted by Gasteiger charge is -2.18. The summed E-state index contributed by atoms with van der Waals surface area (Å²) >= 11 is 3.07. The van der Waals surface area contributed by atoms with Gasteiger partial charge in [-0.1, -0.05) is 12.1 Å². The summed E-state index contributed by atoms with van der Waals surface area (Å²) < 4.78 is 61.2. The van der Waals surface area contributed by atoms with E-state index in [1.807, 2.05) is 0 Å². The number of hydrogen-bond donors (Lipinski definition) is 1. The number of nitrogens with zero attached hydrogens (tertiary/aromatic N) is 1. The molecule has 10 heteroatoms. The average molecular weight is 389 g/mol. The number of carbonyl (C=O) groups excluding carboxylic acids is 1. The van der Waals surface area contributed by atoms with Crippen molar-refractivity contribution in [1.29, 1.82) is 0 Å². The summed E-state index contributed by atoms with van der Waals surface area (Å²) in [6.07, 6.45) is -4.55. The number of amides is 1. The van der Waals surface area contributed by atoms with Crippen LogP contribution in [0.2, 0.25) is 0 Å². The quantitative estimate of drug-likeness (QED) is 0.835. The number of hydrogen-bond acceptors (Lipinski definition) is 3. The van der Waals surface area contributed by atoms with Crippen molar-refractivity contribution in [1.82, 2.24) is 9.62 Å². The molecule has 0 bridgehead atoms. The highest BCUT2D eigenvalue weighted by Crippen LogP contribution is 2.23. The van der Waals surface area contributed by atoms with Crippen molar-refractivity contribution in [3.05, 3.63) is 28.7 Å². The van der Waals surface area contributed by atoms with Crippen LogP contribution in [0.15, 0.2) is 33.6 Å². The summed E-state index contributed by atoms with van der Waals surface area (Å²) in [6.45, 7) is -2.21. The Labute approximate surface area is 128 Å². The standard InChI is InChI=1S/C11H12BrF3N2O3S/c1-17(6-10(18)16-7-11(13,14)15)21(19,20)9-5-3-2-4-8(9)12/h2-5H,6-7H2,1H3,(H,16,18). The van der Waals surface area contributed by atoms with Crippen LogP contribution in [0.3, 0.4) is 0 Å². The van der Waals surface area contributed by atoms with Crippen molar-refractivity contribution in [3.8, 4) is 0 Å². The Morgan fingerprint density at radius 3 is 2.43 bits per heavy atom. The summed E-state index contributed by atoms with van der Waals surface area (Å²) in [6, 6.07) is 5.93. The van der Waals surface area contributed by atoms with Crippen LogP contribution in [0.1, 0.15) is 0 Å². The van der Waals surface area contributed by atoms with Gasteiger partial charge in [0.1, 0.15) is 6.54 Å². The number of sulfonamides is 1. The molecule has 1 aromatic rings. The van der Waals surface area contributed by atoms with Gasteiger partial charge < -0.3 is 5.32 Å². The molecule has 0 heterocycles. The lowest BCUT2D eigenvalue weighted by Crippen LogP contribution is -2.41. The van der Waals surface area contributed by atoms with E-state index in [1.54, 1.807) is 11.4 Å². The van der Waals surface area contributed by atoms with Crippen LogP contribution in [0, 0.1) is 0 Å². The topological polar surface area (TPSA) is 66.5 Å². The second-order valence-corrected chi connectivity index (χ2v) is 6.95. The third-order valence-electron chi connectivity index (χ3n) is 2.38. The van der Waals surface area contributed by atoms with Gasteiger partial charge in [-0.15, -0.1) is 0 Å². The lowest BCUT2D eigenvalue weighted by molar-refractivity contribution is -0.138. The van der Waals surface area contributed by atoms with E-state index in [2.05, 4.69) is 15.9 Å². The normalized spacial score (nSPS) is 12.5. The van der Waals surface area contributed by atoms with E-state index in [1.165, 1.54) is 18.2 Å². The molecule has 0 aromatic heterocycles. The number of likely N-dealkylation sites (N-methyl/N-ethyl adjacent to an activating group) is 1. The Morgan fingerprint density at radius 1 is 1.33 bits per heavy atom.